The van der Waals surface area contributed by atoms with E-state index < -0.39 is 0 Å². The molecule has 1 unspecified atom stereocenters. The van der Waals surface area contributed by atoms with Gasteiger partial charge in [-0.25, -0.2) is 0 Å². The number of hydrogen-bond acceptors (Lipinski definition) is 4. The largest absolute Gasteiger partial charge is 0.466 e. The lowest BCUT2D eigenvalue weighted by atomic mass is 10.0. The molecule has 0 saturated carbocycles. The predicted octanol–water partition coefficient (Wildman–Crippen LogP) is 7.38. The van der Waals surface area contributed by atoms with E-state index in [0.29, 0.717) is 38.4 Å². The second kappa shape index (κ2) is 21.6. The van der Waals surface area contributed by atoms with Crippen molar-refractivity contribution in [1.82, 2.24) is 0 Å². The van der Waals surface area contributed by atoms with E-state index in [1.807, 2.05) is 0 Å². The minimum atomic E-state index is -0.192. The molecule has 0 fully saturated rings. The third-order valence-corrected chi connectivity index (χ3v) is 5.55. The van der Waals surface area contributed by atoms with Crippen LogP contribution in [0.2, 0.25) is 0 Å². The van der Waals surface area contributed by atoms with Crippen LogP contribution in [0.15, 0.2) is 0 Å². The fraction of sp³-hybridized carbons (Fsp3) is 0.920. The Labute approximate surface area is 180 Å². The van der Waals surface area contributed by atoms with Gasteiger partial charge in [0.25, 0.3) is 0 Å². The van der Waals surface area contributed by atoms with E-state index in [2.05, 4.69) is 20.8 Å². The van der Waals surface area contributed by atoms with Gasteiger partial charge in [-0.1, -0.05) is 97.8 Å². The fourth-order valence-corrected chi connectivity index (χ4v) is 3.41. The molecule has 0 amide bonds. The Kier molecular flexibility index (Phi) is 20.9. The third kappa shape index (κ3) is 20.0. The summed E-state index contributed by atoms with van der Waals surface area (Å²) in [5, 5.41) is 0. The van der Waals surface area contributed by atoms with Crippen molar-refractivity contribution >= 4 is 11.9 Å². The summed E-state index contributed by atoms with van der Waals surface area (Å²) < 4.78 is 10.6. The van der Waals surface area contributed by atoms with Gasteiger partial charge in [0, 0.05) is 12.8 Å². The number of rotatable bonds is 21. The van der Waals surface area contributed by atoms with Crippen molar-refractivity contribution < 1.29 is 19.1 Å². The van der Waals surface area contributed by atoms with Crippen LogP contribution in [-0.4, -0.2) is 25.2 Å². The van der Waals surface area contributed by atoms with E-state index in [1.165, 1.54) is 64.2 Å². The Balaban J connectivity index is 3.45. The number of carbonyl (C=O) groups excluding carboxylic acids is 2. The van der Waals surface area contributed by atoms with Crippen molar-refractivity contribution in [2.45, 2.75) is 130 Å². The molecular weight excluding hydrogens is 364 g/mol. The SMILES string of the molecule is CCCCCCCCCCCCOC(=O)CCCC(=O)OCC(CC)CCCC. The maximum absolute atomic E-state index is 11.8. The molecule has 0 heterocycles. The first-order chi connectivity index (χ1) is 14.1. The molecule has 0 saturated heterocycles. The van der Waals surface area contributed by atoms with Gasteiger partial charge in [0.2, 0.25) is 0 Å². The van der Waals surface area contributed by atoms with Gasteiger partial charge in [-0.2, -0.15) is 0 Å². The topological polar surface area (TPSA) is 52.6 Å². The summed E-state index contributed by atoms with van der Waals surface area (Å²) in [6.07, 6.45) is 18.3. The summed E-state index contributed by atoms with van der Waals surface area (Å²) >= 11 is 0. The van der Waals surface area contributed by atoms with Gasteiger partial charge in [0.05, 0.1) is 13.2 Å². The van der Waals surface area contributed by atoms with Gasteiger partial charge >= 0.3 is 11.9 Å². The molecule has 0 aromatic carbocycles. The summed E-state index contributed by atoms with van der Waals surface area (Å²) in [4.78, 5) is 23.5. The molecular formula is C25H48O4. The Hall–Kier alpha value is -1.06. The molecule has 29 heavy (non-hydrogen) atoms. The molecule has 0 aromatic heterocycles. The first kappa shape index (κ1) is 27.9. The predicted molar refractivity (Wildman–Crippen MR) is 121 cm³/mol. The Bertz CT molecular complexity index is 381. The zero-order chi connectivity index (χ0) is 21.6. The van der Waals surface area contributed by atoms with Crippen molar-refractivity contribution in [3.8, 4) is 0 Å². The Morgan fingerprint density at radius 2 is 1.14 bits per heavy atom. The third-order valence-electron chi connectivity index (χ3n) is 5.55. The van der Waals surface area contributed by atoms with Crippen LogP contribution in [0.4, 0.5) is 0 Å². The standard InChI is InChI=1S/C25H48O4/c1-4-7-9-10-11-12-13-14-15-16-21-28-24(26)19-17-20-25(27)29-22-23(6-3)18-8-5-2/h23H,4-22H2,1-3H3. The minimum absolute atomic E-state index is 0.192. The lowest BCUT2D eigenvalue weighted by Gasteiger charge is -2.14. The highest BCUT2D eigenvalue weighted by atomic mass is 16.5. The van der Waals surface area contributed by atoms with Crippen LogP contribution in [0.5, 0.6) is 0 Å². The highest BCUT2D eigenvalue weighted by Crippen LogP contribution is 2.14. The maximum atomic E-state index is 11.8. The second-order valence-corrected chi connectivity index (χ2v) is 8.36. The van der Waals surface area contributed by atoms with Gasteiger partial charge in [-0.3, -0.25) is 9.59 Å². The van der Waals surface area contributed by atoms with Crippen molar-refractivity contribution in [2.24, 2.45) is 5.92 Å². The number of unbranched alkanes of at least 4 members (excludes halogenated alkanes) is 10. The normalized spacial score (nSPS) is 12.0. The smallest absolute Gasteiger partial charge is 0.305 e. The Morgan fingerprint density at radius 1 is 0.621 bits per heavy atom. The van der Waals surface area contributed by atoms with Gasteiger partial charge in [-0.05, 0) is 25.2 Å². The Morgan fingerprint density at radius 3 is 1.69 bits per heavy atom. The van der Waals surface area contributed by atoms with Crippen LogP contribution in [-0.2, 0) is 19.1 Å². The molecule has 0 rings (SSSR count). The highest BCUT2D eigenvalue weighted by molar-refractivity contribution is 5.72. The van der Waals surface area contributed by atoms with Crippen LogP contribution >= 0.6 is 0 Å². The van der Waals surface area contributed by atoms with Gasteiger partial charge in [-0.15, -0.1) is 0 Å². The maximum Gasteiger partial charge on any atom is 0.305 e. The van der Waals surface area contributed by atoms with Crippen LogP contribution in [0, 0.1) is 5.92 Å². The lowest BCUT2D eigenvalue weighted by Crippen LogP contribution is -2.14. The van der Waals surface area contributed by atoms with Crippen molar-refractivity contribution in [2.75, 3.05) is 13.2 Å². The van der Waals surface area contributed by atoms with Gasteiger partial charge in [0.15, 0.2) is 0 Å². The zero-order valence-corrected chi connectivity index (χ0v) is 19.6. The number of ether oxygens (including phenoxy) is 2. The average molecular weight is 413 g/mol. The van der Waals surface area contributed by atoms with Crippen molar-refractivity contribution in [3.63, 3.8) is 0 Å². The number of hydrogen-bond donors (Lipinski definition) is 0. The number of esters is 2. The van der Waals surface area contributed by atoms with Crippen molar-refractivity contribution in [3.05, 3.63) is 0 Å². The average Bonchev–Trinajstić information content (AvgIpc) is 2.72. The first-order valence-corrected chi connectivity index (χ1v) is 12.4. The molecule has 0 bridgehead atoms. The second-order valence-electron chi connectivity index (χ2n) is 8.36. The molecule has 0 radical (unpaired) electrons. The van der Waals surface area contributed by atoms with E-state index in [0.717, 1.165) is 25.7 Å². The fourth-order valence-electron chi connectivity index (χ4n) is 3.41. The molecule has 172 valence electrons. The van der Waals surface area contributed by atoms with E-state index in [1.54, 1.807) is 0 Å². The molecule has 0 N–H and O–H groups in total. The van der Waals surface area contributed by atoms with E-state index in [-0.39, 0.29) is 11.9 Å². The highest BCUT2D eigenvalue weighted by Gasteiger charge is 2.11. The quantitative estimate of drug-likeness (QED) is 0.146. The van der Waals surface area contributed by atoms with E-state index >= 15 is 0 Å². The van der Waals surface area contributed by atoms with Gasteiger partial charge in [0.1, 0.15) is 0 Å². The van der Waals surface area contributed by atoms with Crippen LogP contribution in [0.3, 0.4) is 0 Å². The van der Waals surface area contributed by atoms with E-state index in [4.69, 9.17) is 9.47 Å². The molecule has 0 aromatic rings. The molecule has 0 aliphatic heterocycles. The molecule has 0 spiro atoms. The van der Waals surface area contributed by atoms with Crippen LogP contribution in [0.1, 0.15) is 130 Å². The minimum Gasteiger partial charge on any atom is -0.466 e. The van der Waals surface area contributed by atoms with Crippen molar-refractivity contribution in [1.29, 1.82) is 0 Å². The summed E-state index contributed by atoms with van der Waals surface area (Å²) in [7, 11) is 0. The zero-order valence-electron chi connectivity index (χ0n) is 19.6. The molecule has 1 atom stereocenters. The van der Waals surface area contributed by atoms with Crippen LogP contribution in [0.25, 0.3) is 0 Å². The molecule has 4 nitrogen and oxygen atoms in total. The number of carbonyl (C=O) groups is 2. The lowest BCUT2D eigenvalue weighted by molar-refractivity contribution is -0.146. The first-order valence-electron chi connectivity index (χ1n) is 12.4. The summed E-state index contributed by atoms with van der Waals surface area (Å²) in [5.41, 5.74) is 0. The molecule has 4 heteroatoms. The monoisotopic (exact) mass is 412 g/mol. The van der Waals surface area contributed by atoms with Gasteiger partial charge < -0.3 is 9.47 Å². The summed E-state index contributed by atoms with van der Waals surface area (Å²) in [6.45, 7) is 7.58. The van der Waals surface area contributed by atoms with Crippen LogP contribution < -0.4 is 0 Å². The summed E-state index contributed by atoms with van der Waals surface area (Å²) in [5.74, 6) is 0.0791. The molecule has 0 aliphatic carbocycles. The van der Waals surface area contributed by atoms with E-state index in [9.17, 15) is 9.59 Å². The molecule has 0 aliphatic rings. The summed E-state index contributed by atoms with van der Waals surface area (Å²) in [6, 6.07) is 0.